The maximum atomic E-state index is 12.3. The number of alkyl halides is 3. The van der Waals surface area contributed by atoms with Crippen molar-refractivity contribution >= 4 is 10.0 Å². The Kier molecular flexibility index (Phi) is 5.99. The van der Waals surface area contributed by atoms with Gasteiger partial charge < -0.3 is 10.5 Å². The molecule has 2 N–H and O–H groups in total. The number of halogens is 3. The first-order valence-electron chi connectivity index (χ1n) is 6.13. The number of sulfonamides is 1. The standard InChI is InChI=1S/C12H17F3N2O3S/c1-17(9-12(13,14)15)21(18,19)11-5-3-10(4-6-11)20-8-2-7-16/h3-6H,2,7-9,16H2,1H3. The van der Waals surface area contributed by atoms with Gasteiger partial charge in [-0.25, -0.2) is 8.42 Å². The third kappa shape index (κ3) is 5.52. The maximum Gasteiger partial charge on any atom is 0.402 e. The van der Waals surface area contributed by atoms with E-state index in [1.165, 1.54) is 24.3 Å². The maximum absolute atomic E-state index is 12.3. The van der Waals surface area contributed by atoms with Gasteiger partial charge >= 0.3 is 6.18 Å². The van der Waals surface area contributed by atoms with Crippen molar-refractivity contribution in [1.29, 1.82) is 0 Å². The molecule has 1 aromatic carbocycles. The van der Waals surface area contributed by atoms with Crippen molar-refractivity contribution in [2.45, 2.75) is 17.5 Å². The lowest BCUT2D eigenvalue weighted by atomic mass is 10.3. The Morgan fingerprint density at radius 2 is 1.81 bits per heavy atom. The molecule has 0 aliphatic carbocycles. The Morgan fingerprint density at radius 3 is 2.29 bits per heavy atom. The van der Waals surface area contributed by atoms with E-state index >= 15 is 0 Å². The highest BCUT2D eigenvalue weighted by molar-refractivity contribution is 7.89. The molecule has 0 fully saturated rings. The summed E-state index contributed by atoms with van der Waals surface area (Å²) in [6.07, 6.45) is -3.94. The summed E-state index contributed by atoms with van der Waals surface area (Å²) in [5.74, 6) is 0.431. The number of nitrogens with zero attached hydrogens (tertiary/aromatic N) is 1. The molecule has 1 aromatic rings. The van der Waals surface area contributed by atoms with Gasteiger partial charge in [-0.15, -0.1) is 0 Å². The summed E-state index contributed by atoms with van der Waals surface area (Å²) in [4.78, 5) is -0.222. The minimum Gasteiger partial charge on any atom is -0.494 e. The van der Waals surface area contributed by atoms with Crippen LogP contribution in [0, 0.1) is 0 Å². The highest BCUT2D eigenvalue weighted by atomic mass is 32.2. The van der Waals surface area contributed by atoms with Gasteiger partial charge in [-0.1, -0.05) is 0 Å². The Bertz CT molecular complexity index is 544. The molecule has 0 saturated heterocycles. The Morgan fingerprint density at radius 1 is 1.24 bits per heavy atom. The predicted octanol–water partition coefficient (Wildman–Crippen LogP) is 1.60. The van der Waals surface area contributed by atoms with Crippen LogP contribution in [0.15, 0.2) is 29.2 Å². The first kappa shape index (κ1) is 17.7. The summed E-state index contributed by atoms with van der Waals surface area (Å²) in [5, 5.41) is 0. The SMILES string of the molecule is CN(CC(F)(F)F)S(=O)(=O)c1ccc(OCCCN)cc1. The van der Waals surface area contributed by atoms with Gasteiger partial charge in [0, 0.05) is 7.05 Å². The molecular weight excluding hydrogens is 309 g/mol. The zero-order valence-electron chi connectivity index (χ0n) is 11.4. The number of hydrogen-bond donors (Lipinski definition) is 1. The monoisotopic (exact) mass is 326 g/mol. The zero-order valence-corrected chi connectivity index (χ0v) is 12.2. The van der Waals surface area contributed by atoms with Crippen LogP contribution in [0.3, 0.4) is 0 Å². The molecule has 0 amide bonds. The topological polar surface area (TPSA) is 72.6 Å². The Hall–Kier alpha value is -1.32. The highest BCUT2D eigenvalue weighted by Gasteiger charge is 2.34. The normalized spacial score (nSPS) is 12.7. The van der Waals surface area contributed by atoms with Crippen LogP contribution in [0.2, 0.25) is 0 Å². The van der Waals surface area contributed by atoms with E-state index < -0.39 is 22.7 Å². The van der Waals surface area contributed by atoms with E-state index in [0.29, 0.717) is 25.3 Å². The highest BCUT2D eigenvalue weighted by Crippen LogP contribution is 2.22. The lowest BCUT2D eigenvalue weighted by Gasteiger charge is -2.18. The van der Waals surface area contributed by atoms with E-state index in [1.807, 2.05) is 0 Å². The molecule has 9 heteroatoms. The molecule has 0 atom stereocenters. The lowest BCUT2D eigenvalue weighted by Crippen LogP contribution is -2.35. The molecule has 0 aliphatic rings. The van der Waals surface area contributed by atoms with Crippen LogP contribution in [-0.4, -0.2) is 45.6 Å². The van der Waals surface area contributed by atoms with Gasteiger partial charge in [0.15, 0.2) is 0 Å². The molecule has 0 aliphatic heterocycles. The summed E-state index contributed by atoms with van der Waals surface area (Å²) in [6, 6.07) is 5.20. The first-order chi connectivity index (χ1) is 9.66. The van der Waals surface area contributed by atoms with E-state index in [9.17, 15) is 21.6 Å². The summed E-state index contributed by atoms with van der Waals surface area (Å²) >= 11 is 0. The molecule has 120 valence electrons. The molecule has 0 heterocycles. The molecule has 21 heavy (non-hydrogen) atoms. The summed E-state index contributed by atoms with van der Waals surface area (Å²) in [7, 11) is -3.29. The van der Waals surface area contributed by atoms with E-state index in [2.05, 4.69) is 0 Å². The molecule has 0 aromatic heterocycles. The van der Waals surface area contributed by atoms with Crippen molar-refractivity contribution in [1.82, 2.24) is 4.31 Å². The van der Waals surface area contributed by atoms with Crippen molar-refractivity contribution in [3.05, 3.63) is 24.3 Å². The van der Waals surface area contributed by atoms with Crippen LogP contribution in [0.1, 0.15) is 6.42 Å². The predicted molar refractivity (Wildman–Crippen MR) is 71.5 cm³/mol. The second-order valence-electron chi connectivity index (χ2n) is 4.34. The largest absolute Gasteiger partial charge is 0.494 e. The second kappa shape index (κ2) is 7.10. The fourth-order valence-electron chi connectivity index (χ4n) is 1.50. The van der Waals surface area contributed by atoms with Crippen molar-refractivity contribution < 1.29 is 26.3 Å². The van der Waals surface area contributed by atoms with Gasteiger partial charge in [0.05, 0.1) is 11.5 Å². The van der Waals surface area contributed by atoms with Gasteiger partial charge in [0.2, 0.25) is 10.0 Å². The third-order valence-corrected chi connectivity index (χ3v) is 4.37. The fourth-order valence-corrected chi connectivity index (χ4v) is 2.65. The number of hydrogen-bond acceptors (Lipinski definition) is 4. The zero-order chi connectivity index (χ0) is 16.1. The minimum atomic E-state index is -4.59. The molecule has 0 spiro atoms. The molecule has 0 saturated carbocycles. The number of ether oxygens (including phenoxy) is 1. The Balaban J connectivity index is 2.80. The molecule has 5 nitrogen and oxygen atoms in total. The van der Waals surface area contributed by atoms with Gasteiger partial charge in [-0.3, -0.25) is 0 Å². The quantitative estimate of drug-likeness (QED) is 0.773. The van der Waals surface area contributed by atoms with Crippen molar-refractivity contribution in [3.8, 4) is 5.75 Å². The van der Waals surface area contributed by atoms with Gasteiger partial charge in [-0.05, 0) is 37.2 Å². The van der Waals surface area contributed by atoms with Gasteiger partial charge in [-0.2, -0.15) is 17.5 Å². The molecule has 0 bridgehead atoms. The average Bonchev–Trinajstić information content (AvgIpc) is 2.37. The van der Waals surface area contributed by atoms with Crippen LogP contribution in [0.25, 0.3) is 0 Å². The van der Waals surface area contributed by atoms with E-state index in [-0.39, 0.29) is 9.20 Å². The van der Waals surface area contributed by atoms with Crippen LogP contribution >= 0.6 is 0 Å². The molecule has 0 unspecified atom stereocenters. The smallest absolute Gasteiger partial charge is 0.402 e. The summed E-state index contributed by atoms with van der Waals surface area (Å²) in [6.45, 7) is -0.685. The number of rotatable bonds is 7. The van der Waals surface area contributed by atoms with Crippen molar-refractivity contribution in [2.24, 2.45) is 5.73 Å². The molecule has 0 radical (unpaired) electrons. The average molecular weight is 326 g/mol. The number of benzene rings is 1. The van der Waals surface area contributed by atoms with Crippen LogP contribution < -0.4 is 10.5 Å². The van der Waals surface area contributed by atoms with Crippen molar-refractivity contribution in [2.75, 3.05) is 26.7 Å². The van der Waals surface area contributed by atoms with E-state index in [0.717, 1.165) is 7.05 Å². The minimum absolute atomic E-state index is 0.222. The molecule has 1 rings (SSSR count). The summed E-state index contributed by atoms with van der Waals surface area (Å²) in [5.41, 5.74) is 5.30. The van der Waals surface area contributed by atoms with E-state index in [1.54, 1.807) is 0 Å². The van der Waals surface area contributed by atoms with Crippen LogP contribution in [0.4, 0.5) is 13.2 Å². The fraction of sp³-hybridized carbons (Fsp3) is 0.500. The van der Waals surface area contributed by atoms with Crippen LogP contribution in [0.5, 0.6) is 5.75 Å². The number of nitrogens with two attached hydrogens (primary N) is 1. The Labute approximate surface area is 121 Å². The van der Waals surface area contributed by atoms with Crippen LogP contribution in [-0.2, 0) is 10.0 Å². The lowest BCUT2D eigenvalue weighted by molar-refractivity contribution is -0.134. The van der Waals surface area contributed by atoms with Crippen molar-refractivity contribution in [3.63, 3.8) is 0 Å². The third-order valence-electron chi connectivity index (χ3n) is 2.55. The second-order valence-corrected chi connectivity index (χ2v) is 6.38. The molecular formula is C12H17F3N2O3S. The summed E-state index contributed by atoms with van der Waals surface area (Å²) < 4.78 is 66.2. The first-order valence-corrected chi connectivity index (χ1v) is 7.57. The van der Waals surface area contributed by atoms with E-state index in [4.69, 9.17) is 10.5 Å². The van der Waals surface area contributed by atoms with Gasteiger partial charge in [0.1, 0.15) is 12.3 Å². The van der Waals surface area contributed by atoms with Gasteiger partial charge in [0.25, 0.3) is 0 Å².